The van der Waals surface area contributed by atoms with Gasteiger partial charge in [0.2, 0.25) is 5.28 Å². The van der Waals surface area contributed by atoms with Gasteiger partial charge in [0.25, 0.3) is 0 Å². The Kier molecular flexibility index (Phi) is 5.61. The quantitative estimate of drug-likeness (QED) is 0.271. The fraction of sp³-hybridized carbons (Fsp3) is 0.783. The molecule has 1 saturated heterocycles. The predicted octanol–water partition coefficient (Wildman–Crippen LogP) is 2.83. The van der Waals surface area contributed by atoms with Gasteiger partial charge in [-0.2, -0.15) is 9.97 Å². The fourth-order valence-electron chi connectivity index (χ4n) is 8.49. The normalized spacial score (nSPS) is 41.9. The van der Waals surface area contributed by atoms with Crippen molar-refractivity contribution in [1.82, 2.24) is 19.5 Å². The molecule has 3 heterocycles. The molecular formula is C23H33ClN5O6P. The van der Waals surface area contributed by atoms with E-state index in [9.17, 15) is 24.6 Å². The zero-order chi connectivity index (χ0) is 25.7. The number of halogens is 1. The number of hydrogen-bond acceptors (Lipinski definition) is 8. The van der Waals surface area contributed by atoms with Crippen molar-refractivity contribution in [2.75, 3.05) is 11.5 Å². The second-order valence-corrected chi connectivity index (χ2v) is 14.5. The Bertz CT molecular complexity index is 1240. The van der Waals surface area contributed by atoms with Crippen LogP contribution in [0.3, 0.4) is 0 Å². The fourth-order valence-corrected chi connectivity index (χ4v) is 9.25. The van der Waals surface area contributed by atoms with Gasteiger partial charge in [-0.25, -0.2) is 4.98 Å². The minimum atomic E-state index is -4.27. The molecule has 0 spiro atoms. The SMILES string of the molecule is C[C@]12CC3CC(Nc4nc(Cl)nc5c4ncn5C4OC(CCP(=O)(O)O)C(O)C4O)(C1)C[C@@](C)(C3)C2. The Balaban J connectivity index is 1.31. The molecule has 0 amide bonds. The molecule has 2 aromatic rings. The monoisotopic (exact) mass is 541 g/mol. The average molecular weight is 542 g/mol. The summed E-state index contributed by atoms with van der Waals surface area (Å²) in [5.41, 5.74) is 1.36. The second-order valence-electron chi connectivity index (χ2n) is 12.4. The first-order chi connectivity index (χ1) is 16.8. The first-order valence-corrected chi connectivity index (χ1v) is 14.7. The maximum Gasteiger partial charge on any atom is 0.325 e. The topological polar surface area (TPSA) is 163 Å². The van der Waals surface area contributed by atoms with Gasteiger partial charge in [0.1, 0.15) is 12.2 Å². The maximum atomic E-state index is 11.3. The second kappa shape index (κ2) is 8.09. The molecule has 36 heavy (non-hydrogen) atoms. The lowest BCUT2D eigenvalue weighted by atomic mass is 9.43. The number of nitrogens with one attached hydrogen (secondary N) is 1. The third-order valence-electron chi connectivity index (χ3n) is 8.72. The Morgan fingerprint density at radius 1 is 1.14 bits per heavy atom. The summed E-state index contributed by atoms with van der Waals surface area (Å²) in [4.78, 5) is 31.7. The Morgan fingerprint density at radius 2 is 1.83 bits per heavy atom. The van der Waals surface area contributed by atoms with E-state index >= 15 is 0 Å². The number of anilines is 1. The van der Waals surface area contributed by atoms with Crippen LogP contribution in [-0.2, 0) is 9.30 Å². The van der Waals surface area contributed by atoms with E-state index in [4.69, 9.17) is 16.3 Å². The van der Waals surface area contributed by atoms with Crippen molar-refractivity contribution in [3.63, 3.8) is 0 Å². The van der Waals surface area contributed by atoms with Crippen molar-refractivity contribution in [3.8, 4) is 0 Å². The van der Waals surface area contributed by atoms with Crippen LogP contribution in [0.15, 0.2) is 6.33 Å². The molecule has 8 atom stereocenters. The molecule has 6 unspecified atom stereocenters. The molecule has 7 rings (SSSR count). The Hall–Kier alpha value is -1.33. The summed E-state index contributed by atoms with van der Waals surface area (Å²) in [5, 5.41) is 24.9. The van der Waals surface area contributed by atoms with Crippen LogP contribution >= 0.6 is 19.2 Å². The lowest BCUT2D eigenvalue weighted by Gasteiger charge is -2.65. The number of aliphatic hydroxyl groups is 2. The lowest BCUT2D eigenvalue weighted by Crippen LogP contribution is -2.61. The van der Waals surface area contributed by atoms with E-state index < -0.39 is 38.3 Å². The van der Waals surface area contributed by atoms with Crippen molar-refractivity contribution >= 4 is 36.2 Å². The largest absolute Gasteiger partial charge is 0.388 e. The number of ether oxygens (including phenoxy) is 1. The molecule has 5 N–H and O–H groups in total. The van der Waals surface area contributed by atoms with Gasteiger partial charge in [-0.1, -0.05) is 13.8 Å². The smallest absolute Gasteiger partial charge is 0.325 e. The highest BCUT2D eigenvalue weighted by Crippen LogP contribution is 2.67. The average Bonchev–Trinajstić information content (AvgIpc) is 3.24. The van der Waals surface area contributed by atoms with E-state index in [-0.39, 0.29) is 17.2 Å². The molecular weight excluding hydrogens is 509 g/mol. The Labute approximate surface area is 213 Å². The third-order valence-corrected chi connectivity index (χ3v) is 9.73. The standard InChI is InChI=1S/C23H33ClN5O6P/c1-21-5-12-6-22(2,8-21)10-23(7-12,9-21)28-17-14-18(27-20(24)26-17)29(11-25-14)19-16(31)15(30)13(35-19)3-4-36(32,33)34/h11-13,15-16,19,30-31H,3-10H2,1-2H3,(H,26,27,28)(H2,32,33,34)/t12?,13?,15?,16?,19?,21-,22+,23?. The molecule has 4 aliphatic carbocycles. The maximum absolute atomic E-state index is 11.3. The summed E-state index contributed by atoms with van der Waals surface area (Å²) in [5.74, 6) is 1.23. The number of imidazole rings is 1. The molecule has 5 fully saturated rings. The highest BCUT2D eigenvalue weighted by molar-refractivity contribution is 7.51. The van der Waals surface area contributed by atoms with Crippen LogP contribution in [0.5, 0.6) is 0 Å². The van der Waals surface area contributed by atoms with Crippen molar-refractivity contribution in [1.29, 1.82) is 0 Å². The van der Waals surface area contributed by atoms with Crippen LogP contribution in [0.1, 0.15) is 65.0 Å². The molecule has 4 bridgehead atoms. The minimum absolute atomic E-state index is 0.0278. The molecule has 4 saturated carbocycles. The van der Waals surface area contributed by atoms with Crippen LogP contribution in [-0.4, -0.2) is 69.5 Å². The van der Waals surface area contributed by atoms with E-state index in [0.717, 1.165) is 19.3 Å². The molecule has 11 nitrogen and oxygen atoms in total. The van der Waals surface area contributed by atoms with Gasteiger partial charge < -0.3 is 30.1 Å². The predicted molar refractivity (Wildman–Crippen MR) is 132 cm³/mol. The van der Waals surface area contributed by atoms with Gasteiger partial charge in [-0.3, -0.25) is 9.13 Å². The summed E-state index contributed by atoms with van der Waals surface area (Å²) < 4.78 is 18.6. The highest BCUT2D eigenvalue weighted by Gasteiger charge is 2.60. The van der Waals surface area contributed by atoms with Gasteiger partial charge in [-0.15, -0.1) is 0 Å². The third kappa shape index (κ3) is 4.26. The molecule has 2 aromatic heterocycles. The van der Waals surface area contributed by atoms with Crippen LogP contribution < -0.4 is 5.32 Å². The van der Waals surface area contributed by atoms with E-state index in [0.29, 0.717) is 33.7 Å². The Morgan fingerprint density at radius 3 is 2.47 bits per heavy atom. The molecule has 198 valence electrons. The van der Waals surface area contributed by atoms with Crippen molar-refractivity contribution in [2.24, 2.45) is 16.7 Å². The zero-order valence-electron chi connectivity index (χ0n) is 20.3. The minimum Gasteiger partial charge on any atom is -0.388 e. The summed E-state index contributed by atoms with van der Waals surface area (Å²) in [6.45, 7) is 4.80. The van der Waals surface area contributed by atoms with Crippen LogP contribution in [0.25, 0.3) is 11.2 Å². The number of aliphatic hydroxyl groups excluding tert-OH is 2. The van der Waals surface area contributed by atoms with Gasteiger partial charge in [0.15, 0.2) is 23.2 Å². The summed E-state index contributed by atoms with van der Waals surface area (Å²) in [7, 11) is -4.27. The summed E-state index contributed by atoms with van der Waals surface area (Å²) in [6, 6.07) is 0. The first-order valence-electron chi connectivity index (χ1n) is 12.5. The van der Waals surface area contributed by atoms with Crippen LogP contribution in [0.4, 0.5) is 5.82 Å². The summed E-state index contributed by atoms with van der Waals surface area (Å²) >= 11 is 6.35. The molecule has 0 aromatic carbocycles. The van der Waals surface area contributed by atoms with Crippen molar-refractivity contribution in [2.45, 2.75) is 88.9 Å². The van der Waals surface area contributed by atoms with Crippen molar-refractivity contribution < 1.29 is 29.3 Å². The summed E-state index contributed by atoms with van der Waals surface area (Å²) in [6.07, 6.45) is 3.26. The highest BCUT2D eigenvalue weighted by atomic mass is 35.5. The van der Waals surface area contributed by atoms with E-state index in [1.165, 1.54) is 30.2 Å². The van der Waals surface area contributed by atoms with Gasteiger partial charge >= 0.3 is 7.60 Å². The number of nitrogens with zero attached hydrogens (tertiary/aromatic N) is 4. The number of rotatable bonds is 6. The zero-order valence-corrected chi connectivity index (χ0v) is 22.0. The number of aromatic nitrogens is 4. The molecule has 5 aliphatic rings. The molecule has 13 heteroatoms. The number of hydrogen-bond donors (Lipinski definition) is 5. The molecule has 0 radical (unpaired) electrons. The van der Waals surface area contributed by atoms with E-state index in [1.54, 1.807) is 0 Å². The van der Waals surface area contributed by atoms with Gasteiger partial charge in [0.05, 0.1) is 18.6 Å². The van der Waals surface area contributed by atoms with E-state index in [2.05, 4.69) is 34.1 Å². The lowest BCUT2D eigenvalue weighted by molar-refractivity contribution is -0.0973. The van der Waals surface area contributed by atoms with Crippen molar-refractivity contribution in [3.05, 3.63) is 11.6 Å². The van der Waals surface area contributed by atoms with Crippen LogP contribution in [0.2, 0.25) is 5.28 Å². The van der Waals surface area contributed by atoms with Gasteiger partial charge in [-0.05, 0) is 73.3 Å². The van der Waals surface area contributed by atoms with Crippen LogP contribution in [0, 0.1) is 16.7 Å². The molecule has 1 aliphatic heterocycles. The number of fused-ring (bicyclic) bond motifs is 1. The van der Waals surface area contributed by atoms with Gasteiger partial charge in [0, 0.05) is 5.54 Å². The van der Waals surface area contributed by atoms with E-state index in [1.807, 2.05) is 0 Å². The first kappa shape index (κ1) is 25.0.